The Balaban J connectivity index is 2.31. The van der Waals surface area contributed by atoms with E-state index < -0.39 is 5.97 Å². The molecule has 0 saturated carbocycles. The zero-order valence-electron chi connectivity index (χ0n) is 8.32. The molecule has 0 aromatic rings. The second kappa shape index (κ2) is 4.95. The van der Waals surface area contributed by atoms with Crippen LogP contribution in [0, 0.1) is 5.92 Å². The number of carbonyl (C=O) groups excluding carboxylic acids is 1. The van der Waals surface area contributed by atoms with Crippen molar-refractivity contribution in [3.05, 3.63) is 0 Å². The van der Waals surface area contributed by atoms with Crippen LogP contribution in [0.1, 0.15) is 12.8 Å². The molecule has 0 unspecified atom stereocenters. The van der Waals surface area contributed by atoms with Gasteiger partial charge in [-0.05, 0) is 25.9 Å². The maximum Gasteiger partial charge on any atom is 0.317 e. The molecule has 1 saturated heterocycles. The molecular weight excluding hydrogens is 184 g/mol. The molecule has 14 heavy (non-hydrogen) atoms. The minimum Gasteiger partial charge on any atom is -0.480 e. The van der Waals surface area contributed by atoms with E-state index in [4.69, 9.17) is 5.11 Å². The van der Waals surface area contributed by atoms with E-state index in [1.54, 1.807) is 7.05 Å². The van der Waals surface area contributed by atoms with E-state index in [1.807, 2.05) is 4.90 Å². The predicted molar refractivity (Wildman–Crippen MR) is 50.9 cm³/mol. The average molecular weight is 200 g/mol. The average Bonchev–Trinajstić information content (AvgIpc) is 2.17. The molecule has 0 spiro atoms. The zero-order valence-corrected chi connectivity index (χ0v) is 8.32. The lowest BCUT2D eigenvalue weighted by Gasteiger charge is -2.29. The summed E-state index contributed by atoms with van der Waals surface area (Å²) >= 11 is 0. The Labute approximate surface area is 83.1 Å². The molecule has 0 aliphatic carbocycles. The lowest BCUT2D eigenvalue weighted by atomic mass is 9.96. The van der Waals surface area contributed by atoms with Crippen LogP contribution in [0.5, 0.6) is 0 Å². The van der Waals surface area contributed by atoms with Crippen LogP contribution in [0.2, 0.25) is 0 Å². The van der Waals surface area contributed by atoms with Crippen LogP contribution in [0.3, 0.4) is 0 Å². The minimum atomic E-state index is -0.802. The van der Waals surface area contributed by atoms with E-state index in [0.717, 1.165) is 12.8 Å². The summed E-state index contributed by atoms with van der Waals surface area (Å²) in [5.74, 6) is -0.673. The standard InChI is InChI=1S/C9H16N2O3/c1-10-9(14)7-2-4-11(5-3-7)6-8(12)13/h7H,2-6H2,1H3,(H,10,14)(H,12,13). The van der Waals surface area contributed by atoms with Crippen molar-refractivity contribution < 1.29 is 14.7 Å². The summed E-state index contributed by atoms with van der Waals surface area (Å²) in [5, 5.41) is 11.2. The van der Waals surface area contributed by atoms with Crippen molar-refractivity contribution in [3.63, 3.8) is 0 Å². The number of carboxylic acids is 1. The molecule has 0 atom stereocenters. The van der Waals surface area contributed by atoms with Crippen LogP contribution in [0.4, 0.5) is 0 Å². The highest BCUT2D eigenvalue weighted by Crippen LogP contribution is 2.16. The Morgan fingerprint density at radius 3 is 2.43 bits per heavy atom. The number of piperidine rings is 1. The predicted octanol–water partition coefficient (Wildman–Crippen LogP) is -0.471. The third-order valence-corrected chi connectivity index (χ3v) is 2.56. The summed E-state index contributed by atoms with van der Waals surface area (Å²) in [6.07, 6.45) is 1.51. The van der Waals surface area contributed by atoms with Crippen molar-refractivity contribution in [2.24, 2.45) is 5.92 Å². The summed E-state index contributed by atoms with van der Waals surface area (Å²) in [4.78, 5) is 23.5. The van der Waals surface area contributed by atoms with Crippen molar-refractivity contribution in [3.8, 4) is 0 Å². The number of nitrogens with zero attached hydrogens (tertiary/aromatic N) is 1. The number of rotatable bonds is 3. The molecule has 1 amide bonds. The van der Waals surface area contributed by atoms with E-state index in [1.165, 1.54) is 0 Å². The van der Waals surface area contributed by atoms with Gasteiger partial charge in [0.05, 0.1) is 6.54 Å². The fourth-order valence-electron chi connectivity index (χ4n) is 1.75. The number of amides is 1. The molecule has 1 aliphatic heterocycles. The summed E-state index contributed by atoms with van der Waals surface area (Å²) < 4.78 is 0. The lowest BCUT2D eigenvalue weighted by molar-refractivity contribution is -0.138. The van der Waals surface area contributed by atoms with Gasteiger partial charge in [0.25, 0.3) is 0 Å². The normalized spacial score (nSPS) is 19.2. The van der Waals surface area contributed by atoms with Crippen LogP contribution in [0.25, 0.3) is 0 Å². The Hall–Kier alpha value is -1.10. The van der Waals surface area contributed by atoms with E-state index in [2.05, 4.69) is 5.32 Å². The Bertz CT molecular complexity index is 222. The fourth-order valence-corrected chi connectivity index (χ4v) is 1.75. The Morgan fingerprint density at radius 2 is 2.00 bits per heavy atom. The molecule has 1 rings (SSSR count). The maximum atomic E-state index is 11.2. The summed E-state index contributed by atoms with van der Waals surface area (Å²) in [6.45, 7) is 1.48. The van der Waals surface area contributed by atoms with Crippen LogP contribution in [-0.2, 0) is 9.59 Å². The van der Waals surface area contributed by atoms with Gasteiger partial charge in [-0.3, -0.25) is 14.5 Å². The van der Waals surface area contributed by atoms with Crippen LogP contribution >= 0.6 is 0 Å². The molecule has 2 N–H and O–H groups in total. The molecule has 0 bridgehead atoms. The third-order valence-electron chi connectivity index (χ3n) is 2.56. The second-order valence-electron chi connectivity index (χ2n) is 3.56. The SMILES string of the molecule is CNC(=O)C1CCN(CC(=O)O)CC1. The molecule has 1 heterocycles. The van der Waals surface area contributed by atoms with Crippen LogP contribution in [-0.4, -0.2) is 48.6 Å². The maximum absolute atomic E-state index is 11.2. The number of carbonyl (C=O) groups is 2. The molecule has 5 nitrogen and oxygen atoms in total. The highest BCUT2D eigenvalue weighted by molar-refractivity contribution is 5.78. The van der Waals surface area contributed by atoms with Crippen LogP contribution < -0.4 is 5.32 Å². The van der Waals surface area contributed by atoms with Crippen molar-refractivity contribution in [2.45, 2.75) is 12.8 Å². The zero-order chi connectivity index (χ0) is 10.6. The molecule has 80 valence electrons. The first kappa shape index (κ1) is 11.0. The Kier molecular flexibility index (Phi) is 3.88. The molecular formula is C9H16N2O3. The van der Waals surface area contributed by atoms with Crippen LogP contribution in [0.15, 0.2) is 0 Å². The van der Waals surface area contributed by atoms with Gasteiger partial charge in [-0.2, -0.15) is 0 Å². The summed E-state index contributed by atoms with van der Waals surface area (Å²) in [7, 11) is 1.63. The van der Waals surface area contributed by atoms with Crippen molar-refractivity contribution >= 4 is 11.9 Å². The quantitative estimate of drug-likeness (QED) is 0.646. The number of nitrogens with one attached hydrogen (secondary N) is 1. The fraction of sp³-hybridized carbons (Fsp3) is 0.778. The third kappa shape index (κ3) is 2.99. The highest BCUT2D eigenvalue weighted by Gasteiger charge is 2.24. The first-order valence-corrected chi connectivity index (χ1v) is 4.79. The van der Waals surface area contributed by atoms with Crippen molar-refractivity contribution in [2.75, 3.05) is 26.7 Å². The van der Waals surface area contributed by atoms with Gasteiger partial charge in [0.15, 0.2) is 0 Å². The molecule has 0 aromatic carbocycles. The molecule has 0 radical (unpaired) electrons. The van der Waals surface area contributed by atoms with Gasteiger partial charge in [-0.25, -0.2) is 0 Å². The van der Waals surface area contributed by atoms with Gasteiger partial charge < -0.3 is 10.4 Å². The summed E-state index contributed by atoms with van der Waals surface area (Å²) in [5.41, 5.74) is 0. The van der Waals surface area contributed by atoms with E-state index in [9.17, 15) is 9.59 Å². The minimum absolute atomic E-state index is 0.0602. The van der Waals surface area contributed by atoms with Crippen molar-refractivity contribution in [1.29, 1.82) is 0 Å². The highest BCUT2D eigenvalue weighted by atomic mass is 16.4. The van der Waals surface area contributed by atoms with Gasteiger partial charge in [-0.1, -0.05) is 0 Å². The Morgan fingerprint density at radius 1 is 1.43 bits per heavy atom. The lowest BCUT2D eigenvalue weighted by Crippen LogP contribution is -2.41. The first-order valence-electron chi connectivity index (χ1n) is 4.79. The van der Waals surface area contributed by atoms with Gasteiger partial charge in [-0.15, -0.1) is 0 Å². The molecule has 1 aliphatic rings. The molecule has 5 heteroatoms. The van der Waals surface area contributed by atoms with Gasteiger partial charge in [0.2, 0.25) is 5.91 Å². The topological polar surface area (TPSA) is 69.6 Å². The number of hydrogen-bond acceptors (Lipinski definition) is 3. The van der Waals surface area contributed by atoms with E-state index in [-0.39, 0.29) is 18.4 Å². The number of aliphatic carboxylic acids is 1. The van der Waals surface area contributed by atoms with Gasteiger partial charge >= 0.3 is 5.97 Å². The first-order chi connectivity index (χ1) is 6.63. The van der Waals surface area contributed by atoms with E-state index >= 15 is 0 Å². The molecule has 1 fully saturated rings. The monoisotopic (exact) mass is 200 g/mol. The van der Waals surface area contributed by atoms with Crippen molar-refractivity contribution in [1.82, 2.24) is 10.2 Å². The molecule has 0 aromatic heterocycles. The number of likely N-dealkylation sites (tertiary alicyclic amines) is 1. The second-order valence-corrected chi connectivity index (χ2v) is 3.56. The smallest absolute Gasteiger partial charge is 0.317 e. The number of hydrogen-bond donors (Lipinski definition) is 2. The number of carboxylic acid groups (broad SMARTS) is 1. The van der Waals surface area contributed by atoms with E-state index in [0.29, 0.717) is 13.1 Å². The van der Waals surface area contributed by atoms with Gasteiger partial charge in [0.1, 0.15) is 0 Å². The largest absolute Gasteiger partial charge is 0.480 e. The summed E-state index contributed by atoms with van der Waals surface area (Å²) in [6, 6.07) is 0. The van der Waals surface area contributed by atoms with Gasteiger partial charge in [0, 0.05) is 13.0 Å².